The third kappa shape index (κ3) is 4.60. The molecule has 25 heavy (non-hydrogen) atoms. The van der Waals surface area contributed by atoms with Crippen molar-refractivity contribution in [2.24, 2.45) is 0 Å². The first-order valence-corrected chi connectivity index (χ1v) is 8.79. The summed E-state index contributed by atoms with van der Waals surface area (Å²) in [6.07, 6.45) is 0. The van der Waals surface area contributed by atoms with Crippen molar-refractivity contribution in [1.29, 1.82) is 0 Å². The molecular weight excluding hydrogens is 431 g/mol. The Morgan fingerprint density at radius 2 is 1.92 bits per heavy atom. The van der Waals surface area contributed by atoms with E-state index in [4.69, 9.17) is 4.74 Å². The quantitative estimate of drug-likeness (QED) is 0.437. The summed E-state index contributed by atoms with van der Waals surface area (Å²) in [7, 11) is 0. The van der Waals surface area contributed by atoms with Gasteiger partial charge in [-0.15, -0.1) is 0 Å². The van der Waals surface area contributed by atoms with E-state index in [1.807, 2.05) is 53.8 Å². The number of hydrogen-bond donors (Lipinski definition) is 1. The van der Waals surface area contributed by atoms with Crippen molar-refractivity contribution < 1.29 is 19.4 Å². The smallest absolute Gasteiger partial charge is 0.336 e. The predicted octanol–water partition coefficient (Wildman–Crippen LogP) is 4.00. The SMILES string of the molecule is CCOC(=O)C(C#Cc1ccccc1C)c1cccc(C(=O)O)c1I. The van der Waals surface area contributed by atoms with Crippen LogP contribution in [-0.2, 0) is 9.53 Å². The minimum atomic E-state index is -1.04. The van der Waals surface area contributed by atoms with Gasteiger partial charge in [0, 0.05) is 9.13 Å². The lowest BCUT2D eigenvalue weighted by Gasteiger charge is -2.13. The van der Waals surface area contributed by atoms with Crippen LogP contribution in [0.4, 0.5) is 0 Å². The Bertz CT molecular complexity index is 861. The summed E-state index contributed by atoms with van der Waals surface area (Å²) in [5.74, 6) is 3.62. The normalized spacial score (nSPS) is 11.2. The topological polar surface area (TPSA) is 63.6 Å². The van der Waals surface area contributed by atoms with Crippen LogP contribution in [0.15, 0.2) is 42.5 Å². The molecule has 0 radical (unpaired) electrons. The fourth-order valence-corrected chi connectivity index (χ4v) is 3.19. The Labute approximate surface area is 160 Å². The van der Waals surface area contributed by atoms with E-state index >= 15 is 0 Å². The third-order valence-electron chi connectivity index (χ3n) is 3.59. The van der Waals surface area contributed by atoms with Crippen molar-refractivity contribution >= 4 is 34.5 Å². The van der Waals surface area contributed by atoms with Crippen molar-refractivity contribution in [2.45, 2.75) is 19.8 Å². The first-order chi connectivity index (χ1) is 12.0. The maximum Gasteiger partial charge on any atom is 0.336 e. The standard InChI is InChI=1S/C20H17IO4/c1-3-25-20(24)16(12-11-14-8-5-4-7-13(14)2)15-9-6-10-17(18(15)21)19(22)23/h4-10,16H,3H2,1-2H3,(H,22,23). The summed E-state index contributed by atoms with van der Waals surface area (Å²) in [4.78, 5) is 23.8. The van der Waals surface area contributed by atoms with Crippen LogP contribution < -0.4 is 0 Å². The Balaban J connectivity index is 2.52. The highest BCUT2D eigenvalue weighted by Gasteiger charge is 2.24. The van der Waals surface area contributed by atoms with Crippen LogP contribution >= 0.6 is 22.6 Å². The van der Waals surface area contributed by atoms with Crippen LogP contribution in [0.1, 0.15) is 39.9 Å². The van der Waals surface area contributed by atoms with Crippen molar-refractivity contribution in [1.82, 2.24) is 0 Å². The second-order valence-corrected chi connectivity index (χ2v) is 6.36. The molecule has 128 valence electrons. The molecule has 0 amide bonds. The van der Waals surface area contributed by atoms with E-state index in [0.717, 1.165) is 11.1 Å². The molecule has 2 aromatic rings. The summed E-state index contributed by atoms with van der Waals surface area (Å²) in [5, 5.41) is 9.30. The minimum absolute atomic E-state index is 0.144. The molecule has 0 saturated heterocycles. The van der Waals surface area contributed by atoms with E-state index < -0.39 is 17.9 Å². The Morgan fingerprint density at radius 1 is 1.20 bits per heavy atom. The van der Waals surface area contributed by atoms with Crippen LogP contribution in [0, 0.1) is 22.3 Å². The van der Waals surface area contributed by atoms with Crippen molar-refractivity contribution in [3.8, 4) is 11.8 Å². The summed E-state index contributed by atoms with van der Waals surface area (Å²) in [6.45, 7) is 3.90. The Kier molecular flexibility index (Phi) is 6.59. The van der Waals surface area contributed by atoms with Gasteiger partial charge in [-0.05, 0) is 59.7 Å². The van der Waals surface area contributed by atoms with Gasteiger partial charge in [0.1, 0.15) is 5.92 Å². The molecule has 0 aliphatic heterocycles. The summed E-state index contributed by atoms with van der Waals surface area (Å²) >= 11 is 1.94. The van der Waals surface area contributed by atoms with E-state index in [1.54, 1.807) is 19.1 Å². The van der Waals surface area contributed by atoms with Gasteiger partial charge in [-0.3, -0.25) is 4.79 Å². The fourth-order valence-electron chi connectivity index (χ4n) is 2.29. The number of benzene rings is 2. The first kappa shape index (κ1) is 19.0. The van der Waals surface area contributed by atoms with E-state index in [9.17, 15) is 14.7 Å². The molecule has 2 aromatic carbocycles. The number of carbonyl (C=O) groups excluding carboxylic acids is 1. The molecule has 5 heteroatoms. The second kappa shape index (κ2) is 8.67. The highest BCUT2D eigenvalue weighted by atomic mass is 127. The lowest BCUT2D eigenvalue weighted by atomic mass is 9.97. The van der Waals surface area contributed by atoms with E-state index in [1.165, 1.54) is 6.07 Å². The lowest BCUT2D eigenvalue weighted by molar-refractivity contribution is -0.143. The zero-order valence-corrected chi connectivity index (χ0v) is 16.0. The molecule has 2 rings (SSSR count). The van der Waals surface area contributed by atoms with E-state index in [0.29, 0.717) is 9.13 Å². The number of aromatic carboxylic acids is 1. The monoisotopic (exact) mass is 448 g/mol. The van der Waals surface area contributed by atoms with Crippen LogP contribution in [0.5, 0.6) is 0 Å². The summed E-state index contributed by atoms with van der Waals surface area (Å²) < 4.78 is 5.63. The molecule has 0 heterocycles. The molecule has 0 spiro atoms. The number of esters is 1. The molecule has 0 bridgehead atoms. The zero-order valence-electron chi connectivity index (χ0n) is 13.9. The Morgan fingerprint density at radius 3 is 2.56 bits per heavy atom. The average Bonchev–Trinajstić information content (AvgIpc) is 2.58. The largest absolute Gasteiger partial charge is 0.478 e. The number of carboxylic acid groups (broad SMARTS) is 1. The minimum Gasteiger partial charge on any atom is -0.478 e. The molecule has 0 aliphatic rings. The molecule has 0 fully saturated rings. The lowest BCUT2D eigenvalue weighted by Crippen LogP contribution is -2.17. The summed E-state index contributed by atoms with van der Waals surface area (Å²) in [6, 6.07) is 12.4. The maximum absolute atomic E-state index is 12.4. The van der Waals surface area contributed by atoms with Gasteiger partial charge in [-0.1, -0.05) is 42.2 Å². The van der Waals surface area contributed by atoms with Crippen LogP contribution in [0.3, 0.4) is 0 Å². The molecule has 1 unspecified atom stereocenters. The van der Waals surface area contributed by atoms with Crippen LogP contribution in [0.2, 0.25) is 0 Å². The second-order valence-electron chi connectivity index (χ2n) is 5.28. The molecule has 1 atom stereocenters. The third-order valence-corrected chi connectivity index (χ3v) is 4.79. The number of carboxylic acids is 1. The average molecular weight is 448 g/mol. The highest BCUT2D eigenvalue weighted by molar-refractivity contribution is 14.1. The van der Waals surface area contributed by atoms with Crippen LogP contribution in [-0.4, -0.2) is 23.7 Å². The number of hydrogen-bond acceptors (Lipinski definition) is 3. The molecule has 1 N–H and O–H groups in total. The maximum atomic E-state index is 12.4. The van der Waals surface area contributed by atoms with Gasteiger partial charge in [0.05, 0.1) is 12.2 Å². The van der Waals surface area contributed by atoms with Crippen molar-refractivity contribution in [3.63, 3.8) is 0 Å². The molecule has 4 nitrogen and oxygen atoms in total. The van der Waals surface area contributed by atoms with Gasteiger partial charge in [0.25, 0.3) is 0 Å². The van der Waals surface area contributed by atoms with Gasteiger partial charge in [-0.2, -0.15) is 0 Å². The predicted molar refractivity (Wildman–Crippen MR) is 104 cm³/mol. The van der Waals surface area contributed by atoms with Crippen LogP contribution in [0.25, 0.3) is 0 Å². The number of ether oxygens (including phenoxy) is 1. The van der Waals surface area contributed by atoms with Gasteiger partial charge >= 0.3 is 11.9 Å². The number of aryl methyl sites for hydroxylation is 1. The first-order valence-electron chi connectivity index (χ1n) is 7.71. The van der Waals surface area contributed by atoms with Crippen molar-refractivity contribution in [3.05, 3.63) is 68.3 Å². The molecule has 0 saturated carbocycles. The molecular formula is C20H17IO4. The summed E-state index contributed by atoms with van der Waals surface area (Å²) in [5.41, 5.74) is 2.51. The fraction of sp³-hybridized carbons (Fsp3) is 0.200. The van der Waals surface area contributed by atoms with Gasteiger partial charge in [-0.25, -0.2) is 4.79 Å². The van der Waals surface area contributed by atoms with Gasteiger partial charge in [0.15, 0.2) is 0 Å². The number of halogens is 1. The number of rotatable bonds is 4. The zero-order chi connectivity index (χ0) is 18.4. The highest BCUT2D eigenvalue weighted by Crippen LogP contribution is 2.26. The van der Waals surface area contributed by atoms with E-state index in [2.05, 4.69) is 11.8 Å². The van der Waals surface area contributed by atoms with Gasteiger partial charge in [0.2, 0.25) is 0 Å². The molecule has 0 aromatic heterocycles. The van der Waals surface area contributed by atoms with Gasteiger partial charge < -0.3 is 9.84 Å². The number of carbonyl (C=O) groups is 2. The molecule has 0 aliphatic carbocycles. The Hall–Kier alpha value is -2.33. The van der Waals surface area contributed by atoms with Crippen molar-refractivity contribution in [2.75, 3.05) is 6.61 Å². The van der Waals surface area contributed by atoms with E-state index in [-0.39, 0.29) is 12.2 Å².